The topological polar surface area (TPSA) is 63.2 Å². The zero-order valence-corrected chi connectivity index (χ0v) is 19.1. The average molecular weight is 444 g/mol. The van der Waals surface area contributed by atoms with E-state index in [9.17, 15) is 4.79 Å². The molecule has 6 heteroatoms. The van der Waals surface area contributed by atoms with Crippen LogP contribution in [0, 0.1) is 13.8 Å². The highest BCUT2D eigenvalue weighted by Gasteiger charge is 2.22. The van der Waals surface area contributed by atoms with Gasteiger partial charge in [0.25, 0.3) is 5.91 Å². The van der Waals surface area contributed by atoms with Gasteiger partial charge in [0.1, 0.15) is 16.6 Å². The number of aromatic nitrogens is 1. The van der Waals surface area contributed by atoms with E-state index in [0.717, 1.165) is 38.3 Å². The average Bonchev–Trinajstić information content (AvgIpc) is 3.17. The minimum atomic E-state index is -0.226. The van der Waals surface area contributed by atoms with Crippen LogP contribution in [0.1, 0.15) is 38.1 Å². The molecule has 0 aliphatic carbocycles. The molecule has 0 aliphatic rings. The van der Waals surface area contributed by atoms with Crippen LogP contribution in [0.4, 0.5) is 10.8 Å². The number of thiophene rings is 1. The maximum atomic E-state index is 12.9. The van der Waals surface area contributed by atoms with E-state index in [2.05, 4.69) is 21.7 Å². The molecule has 1 atom stereocenters. The van der Waals surface area contributed by atoms with Crippen molar-refractivity contribution in [3.63, 3.8) is 0 Å². The van der Waals surface area contributed by atoms with E-state index >= 15 is 0 Å². The molecule has 1 amide bonds. The van der Waals surface area contributed by atoms with Gasteiger partial charge < -0.3 is 15.4 Å². The molecule has 2 heterocycles. The third-order valence-corrected chi connectivity index (χ3v) is 6.05. The van der Waals surface area contributed by atoms with Gasteiger partial charge >= 0.3 is 0 Å². The number of nitrogens with zero attached hydrogens (tertiary/aromatic N) is 1. The number of benzene rings is 2. The second kappa shape index (κ2) is 9.66. The first kappa shape index (κ1) is 21.6. The normalized spacial score (nSPS) is 11.6. The lowest BCUT2D eigenvalue weighted by Crippen LogP contribution is -2.17. The van der Waals surface area contributed by atoms with Gasteiger partial charge in [-0.05, 0) is 61.9 Å². The summed E-state index contributed by atoms with van der Waals surface area (Å²) in [6, 6.07) is 24.9. The summed E-state index contributed by atoms with van der Waals surface area (Å²) in [5.74, 6) is 1.40. The maximum absolute atomic E-state index is 12.9. The van der Waals surface area contributed by atoms with Crippen molar-refractivity contribution in [3.8, 4) is 5.75 Å². The standard InChI is InChI=1S/C26H25N3O2S/c1-17-9-7-14-23(27-17)28-24(20-12-8-13-21(16-20)31-3)22-15-18(2)32-26(22)29-25(30)19-10-5-4-6-11-19/h4-16,24H,1-3H3,(H,27,28)(H,29,30). The zero-order valence-electron chi connectivity index (χ0n) is 18.3. The highest BCUT2D eigenvalue weighted by molar-refractivity contribution is 7.16. The Hall–Kier alpha value is -3.64. The molecular weight excluding hydrogens is 418 g/mol. The number of carbonyl (C=O) groups is 1. The van der Waals surface area contributed by atoms with Crippen LogP contribution >= 0.6 is 11.3 Å². The lowest BCUT2D eigenvalue weighted by molar-refractivity contribution is 0.102. The minimum Gasteiger partial charge on any atom is -0.497 e. The number of hydrogen-bond donors (Lipinski definition) is 2. The first-order valence-corrected chi connectivity index (χ1v) is 11.2. The summed E-state index contributed by atoms with van der Waals surface area (Å²) in [7, 11) is 1.66. The van der Waals surface area contributed by atoms with Crippen LogP contribution < -0.4 is 15.4 Å². The molecule has 4 aromatic rings. The maximum Gasteiger partial charge on any atom is 0.256 e. The number of nitrogens with one attached hydrogen (secondary N) is 2. The number of rotatable bonds is 7. The van der Waals surface area contributed by atoms with Crippen molar-refractivity contribution in [1.82, 2.24) is 4.98 Å². The Balaban J connectivity index is 1.74. The summed E-state index contributed by atoms with van der Waals surface area (Å²) in [5, 5.41) is 7.48. The van der Waals surface area contributed by atoms with E-state index in [1.54, 1.807) is 18.4 Å². The fraction of sp³-hybridized carbons (Fsp3) is 0.154. The van der Waals surface area contributed by atoms with Gasteiger partial charge in [-0.1, -0.05) is 36.4 Å². The molecular formula is C26H25N3O2S. The molecule has 162 valence electrons. The van der Waals surface area contributed by atoms with E-state index in [-0.39, 0.29) is 11.9 Å². The summed E-state index contributed by atoms with van der Waals surface area (Å²) >= 11 is 1.56. The third-order valence-electron chi connectivity index (χ3n) is 5.07. The molecule has 1 unspecified atom stereocenters. The fourth-order valence-electron chi connectivity index (χ4n) is 3.54. The van der Waals surface area contributed by atoms with Gasteiger partial charge in [0.15, 0.2) is 0 Å². The SMILES string of the molecule is COc1cccc(C(Nc2cccc(C)n2)c2cc(C)sc2NC(=O)c2ccccc2)c1. The van der Waals surface area contributed by atoms with Crippen molar-refractivity contribution in [2.45, 2.75) is 19.9 Å². The number of aryl methyl sites for hydroxylation is 2. The highest BCUT2D eigenvalue weighted by Crippen LogP contribution is 2.38. The monoisotopic (exact) mass is 443 g/mol. The van der Waals surface area contributed by atoms with Crippen LogP contribution in [0.15, 0.2) is 78.9 Å². The van der Waals surface area contributed by atoms with Crippen LogP contribution in [0.5, 0.6) is 5.75 Å². The highest BCUT2D eigenvalue weighted by atomic mass is 32.1. The smallest absolute Gasteiger partial charge is 0.256 e. The second-order valence-electron chi connectivity index (χ2n) is 7.48. The number of pyridine rings is 1. The number of anilines is 2. The molecule has 4 rings (SSSR count). The van der Waals surface area contributed by atoms with E-state index in [0.29, 0.717) is 5.56 Å². The molecule has 32 heavy (non-hydrogen) atoms. The molecule has 2 aromatic carbocycles. The lowest BCUT2D eigenvalue weighted by Gasteiger charge is -2.22. The van der Waals surface area contributed by atoms with Gasteiger partial charge in [0.2, 0.25) is 0 Å². The van der Waals surface area contributed by atoms with Gasteiger partial charge in [0.05, 0.1) is 13.2 Å². The van der Waals surface area contributed by atoms with Crippen molar-refractivity contribution in [2.75, 3.05) is 17.7 Å². The van der Waals surface area contributed by atoms with Crippen molar-refractivity contribution >= 4 is 28.1 Å². The number of methoxy groups -OCH3 is 1. The number of hydrogen-bond acceptors (Lipinski definition) is 5. The fourth-order valence-corrected chi connectivity index (χ4v) is 4.49. The van der Waals surface area contributed by atoms with Gasteiger partial charge in [-0.15, -0.1) is 11.3 Å². The predicted octanol–water partition coefficient (Wildman–Crippen LogP) is 6.22. The molecule has 0 aliphatic heterocycles. The quantitative estimate of drug-likeness (QED) is 0.356. The van der Waals surface area contributed by atoms with E-state index in [1.165, 1.54) is 0 Å². The van der Waals surface area contributed by atoms with Crippen LogP contribution in [0.2, 0.25) is 0 Å². The van der Waals surface area contributed by atoms with Crippen molar-refractivity contribution in [2.24, 2.45) is 0 Å². The summed E-state index contributed by atoms with van der Waals surface area (Å²) in [6.07, 6.45) is 0. The molecule has 0 saturated heterocycles. The predicted molar refractivity (Wildman–Crippen MR) is 131 cm³/mol. The molecule has 0 fully saturated rings. The van der Waals surface area contributed by atoms with Crippen LogP contribution in [0.3, 0.4) is 0 Å². The molecule has 2 N–H and O–H groups in total. The van der Waals surface area contributed by atoms with Gasteiger partial charge in [0, 0.05) is 21.7 Å². The van der Waals surface area contributed by atoms with Gasteiger partial charge in [-0.2, -0.15) is 0 Å². The van der Waals surface area contributed by atoms with Crippen molar-refractivity contribution < 1.29 is 9.53 Å². The third kappa shape index (κ3) is 4.98. The van der Waals surface area contributed by atoms with Gasteiger partial charge in [-0.3, -0.25) is 4.79 Å². The van der Waals surface area contributed by atoms with Crippen LogP contribution in [0.25, 0.3) is 0 Å². The molecule has 2 aromatic heterocycles. The van der Waals surface area contributed by atoms with Crippen molar-refractivity contribution in [3.05, 3.63) is 106 Å². The van der Waals surface area contributed by atoms with E-state index in [1.807, 2.05) is 86.6 Å². The Morgan fingerprint density at radius 2 is 1.75 bits per heavy atom. The summed E-state index contributed by atoms with van der Waals surface area (Å²) < 4.78 is 5.46. The molecule has 0 saturated carbocycles. The van der Waals surface area contributed by atoms with E-state index < -0.39 is 0 Å². The van der Waals surface area contributed by atoms with Crippen LogP contribution in [-0.2, 0) is 0 Å². The zero-order chi connectivity index (χ0) is 22.5. The van der Waals surface area contributed by atoms with Crippen LogP contribution in [-0.4, -0.2) is 18.0 Å². The number of amides is 1. The number of ether oxygens (including phenoxy) is 1. The number of carbonyl (C=O) groups excluding carboxylic acids is 1. The Bertz CT molecular complexity index is 1220. The minimum absolute atomic E-state index is 0.133. The Kier molecular flexibility index (Phi) is 6.52. The first-order chi connectivity index (χ1) is 15.5. The molecule has 0 spiro atoms. The Morgan fingerprint density at radius 1 is 0.969 bits per heavy atom. The molecule has 0 bridgehead atoms. The molecule has 0 radical (unpaired) electrons. The Morgan fingerprint density at radius 3 is 2.50 bits per heavy atom. The molecule has 5 nitrogen and oxygen atoms in total. The largest absolute Gasteiger partial charge is 0.497 e. The summed E-state index contributed by atoms with van der Waals surface area (Å²) in [4.78, 5) is 18.6. The second-order valence-corrected chi connectivity index (χ2v) is 8.74. The summed E-state index contributed by atoms with van der Waals surface area (Å²) in [5.41, 5.74) is 3.54. The summed E-state index contributed by atoms with van der Waals surface area (Å²) in [6.45, 7) is 4.01. The Labute approximate surface area is 192 Å². The van der Waals surface area contributed by atoms with Crippen molar-refractivity contribution in [1.29, 1.82) is 0 Å². The van der Waals surface area contributed by atoms with E-state index in [4.69, 9.17) is 4.74 Å². The van der Waals surface area contributed by atoms with Gasteiger partial charge in [-0.25, -0.2) is 4.98 Å². The lowest BCUT2D eigenvalue weighted by atomic mass is 9.99. The first-order valence-electron chi connectivity index (χ1n) is 10.3.